The third-order valence-corrected chi connectivity index (χ3v) is 6.15. The maximum Gasteiger partial charge on any atom is 0.225 e. The zero-order valence-electron chi connectivity index (χ0n) is 19.6. The lowest BCUT2D eigenvalue weighted by molar-refractivity contribution is -0.122. The number of nitrogens with one attached hydrogen (secondary N) is 1. The molecule has 0 saturated heterocycles. The molecule has 2 aromatic rings. The smallest absolute Gasteiger partial charge is 0.225 e. The molecule has 174 valence electrons. The number of methoxy groups -OCH3 is 1. The predicted octanol–water partition coefficient (Wildman–Crippen LogP) is 4.89. The molecule has 0 bridgehead atoms. The summed E-state index contributed by atoms with van der Waals surface area (Å²) in [6, 6.07) is 13.5. The number of Topliss-reactive ketones (excluding diaryl/α,β-unsaturated/α-hetero) is 1. The first kappa shape index (κ1) is 22.9. The van der Waals surface area contributed by atoms with E-state index in [1.807, 2.05) is 63.2 Å². The van der Waals surface area contributed by atoms with Crippen LogP contribution in [-0.4, -0.2) is 31.5 Å². The summed E-state index contributed by atoms with van der Waals surface area (Å²) in [7, 11) is 1.61. The van der Waals surface area contributed by atoms with Crippen LogP contribution >= 0.6 is 0 Å². The Morgan fingerprint density at radius 1 is 1.00 bits per heavy atom. The molecule has 2 unspecified atom stereocenters. The minimum absolute atomic E-state index is 0.00176. The Morgan fingerprint density at radius 2 is 1.79 bits per heavy atom. The zero-order valence-corrected chi connectivity index (χ0v) is 19.6. The van der Waals surface area contributed by atoms with Gasteiger partial charge in [0.05, 0.1) is 19.8 Å². The number of para-hydroxylation sites is 1. The van der Waals surface area contributed by atoms with Gasteiger partial charge in [0, 0.05) is 35.6 Å². The molecular formula is C27H31NO5. The van der Waals surface area contributed by atoms with Gasteiger partial charge in [-0.3, -0.25) is 9.59 Å². The summed E-state index contributed by atoms with van der Waals surface area (Å²) in [5.41, 5.74) is 3.33. The van der Waals surface area contributed by atoms with Crippen LogP contribution in [-0.2, 0) is 9.59 Å². The van der Waals surface area contributed by atoms with Crippen molar-refractivity contribution in [2.24, 2.45) is 0 Å². The van der Waals surface area contributed by atoms with Crippen molar-refractivity contribution in [1.29, 1.82) is 0 Å². The first-order valence-electron chi connectivity index (χ1n) is 11.5. The van der Waals surface area contributed by atoms with Gasteiger partial charge >= 0.3 is 0 Å². The number of allylic oxidation sites excluding steroid dienone is 2. The lowest BCUT2D eigenvalue weighted by Crippen LogP contribution is -2.38. The van der Waals surface area contributed by atoms with Crippen LogP contribution < -0.4 is 19.5 Å². The number of ketones is 1. The molecule has 1 aliphatic carbocycles. The molecule has 2 aliphatic rings. The summed E-state index contributed by atoms with van der Waals surface area (Å²) < 4.78 is 17.1. The van der Waals surface area contributed by atoms with Crippen molar-refractivity contribution in [3.05, 3.63) is 64.9 Å². The minimum atomic E-state index is -0.299. The SMILES string of the molecule is CCOc1ccc(C2CC(=O)C3=C(C2)NC(=O)CC3c2ccccc2OC(C)C)cc1OC. The maximum atomic E-state index is 13.5. The van der Waals surface area contributed by atoms with E-state index in [9.17, 15) is 9.59 Å². The molecule has 0 fully saturated rings. The van der Waals surface area contributed by atoms with Gasteiger partial charge < -0.3 is 19.5 Å². The van der Waals surface area contributed by atoms with E-state index in [-0.39, 0.29) is 36.1 Å². The Labute approximate surface area is 194 Å². The highest BCUT2D eigenvalue weighted by atomic mass is 16.5. The molecule has 0 spiro atoms. The number of ether oxygens (including phenoxy) is 3. The van der Waals surface area contributed by atoms with E-state index in [1.165, 1.54) is 0 Å². The van der Waals surface area contributed by atoms with Crippen LogP contribution in [0.5, 0.6) is 17.2 Å². The van der Waals surface area contributed by atoms with E-state index in [4.69, 9.17) is 14.2 Å². The van der Waals surface area contributed by atoms with Crippen molar-refractivity contribution in [1.82, 2.24) is 5.32 Å². The fraction of sp³-hybridized carbons (Fsp3) is 0.407. The van der Waals surface area contributed by atoms with E-state index >= 15 is 0 Å². The molecule has 4 rings (SSSR count). The van der Waals surface area contributed by atoms with E-state index in [2.05, 4.69) is 5.32 Å². The molecule has 6 nitrogen and oxygen atoms in total. The molecular weight excluding hydrogens is 418 g/mol. The number of rotatable bonds is 7. The van der Waals surface area contributed by atoms with Crippen LogP contribution in [0.25, 0.3) is 0 Å². The van der Waals surface area contributed by atoms with Crippen molar-refractivity contribution < 1.29 is 23.8 Å². The van der Waals surface area contributed by atoms with Gasteiger partial charge in [0.1, 0.15) is 5.75 Å². The van der Waals surface area contributed by atoms with E-state index in [0.29, 0.717) is 36.5 Å². The second-order valence-corrected chi connectivity index (χ2v) is 8.77. The molecule has 0 saturated carbocycles. The lowest BCUT2D eigenvalue weighted by atomic mass is 9.73. The molecule has 2 aromatic carbocycles. The largest absolute Gasteiger partial charge is 0.493 e. The zero-order chi connectivity index (χ0) is 23.5. The topological polar surface area (TPSA) is 73.9 Å². The van der Waals surface area contributed by atoms with E-state index < -0.39 is 0 Å². The van der Waals surface area contributed by atoms with Crippen molar-refractivity contribution in [3.8, 4) is 17.2 Å². The number of carbonyl (C=O) groups excluding carboxylic acids is 2. The summed E-state index contributed by atoms with van der Waals surface area (Å²) in [5, 5.41) is 2.99. The fourth-order valence-electron chi connectivity index (χ4n) is 4.80. The van der Waals surface area contributed by atoms with Gasteiger partial charge in [0.2, 0.25) is 5.91 Å². The highest BCUT2D eigenvalue weighted by molar-refractivity contribution is 6.02. The highest BCUT2D eigenvalue weighted by Crippen LogP contribution is 2.45. The van der Waals surface area contributed by atoms with E-state index in [0.717, 1.165) is 22.6 Å². The first-order valence-corrected chi connectivity index (χ1v) is 11.5. The number of amides is 1. The summed E-state index contributed by atoms with van der Waals surface area (Å²) in [6.45, 7) is 6.41. The van der Waals surface area contributed by atoms with Crippen LogP contribution in [0, 0.1) is 0 Å². The van der Waals surface area contributed by atoms with Crippen LogP contribution in [0.15, 0.2) is 53.7 Å². The van der Waals surface area contributed by atoms with Crippen LogP contribution in [0.3, 0.4) is 0 Å². The summed E-state index contributed by atoms with van der Waals surface area (Å²) in [5.74, 6) is 1.71. The second kappa shape index (κ2) is 9.69. The number of hydrogen-bond donors (Lipinski definition) is 1. The van der Waals surface area contributed by atoms with Crippen LogP contribution in [0.1, 0.15) is 63.0 Å². The number of benzene rings is 2. The molecule has 1 N–H and O–H groups in total. The fourth-order valence-corrected chi connectivity index (χ4v) is 4.80. The molecule has 1 amide bonds. The Morgan fingerprint density at radius 3 is 2.52 bits per heavy atom. The van der Waals surface area contributed by atoms with Gasteiger partial charge in [0.25, 0.3) is 0 Å². The number of carbonyl (C=O) groups is 2. The molecule has 1 heterocycles. The average Bonchev–Trinajstić information content (AvgIpc) is 2.78. The molecule has 0 radical (unpaired) electrons. The Balaban J connectivity index is 1.69. The molecule has 0 aromatic heterocycles. The van der Waals surface area contributed by atoms with Gasteiger partial charge in [-0.25, -0.2) is 0 Å². The third-order valence-electron chi connectivity index (χ3n) is 6.15. The van der Waals surface area contributed by atoms with Crippen molar-refractivity contribution in [2.75, 3.05) is 13.7 Å². The Kier molecular flexibility index (Phi) is 6.72. The Hall–Kier alpha value is -3.28. The van der Waals surface area contributed by atoms with Crippen molar-refractivity contribution >= 4 is 11.7 Å². The first-order chi connectivity index (χ1) is 15.9. The van der Waals surface area contributed by atoms with Crippen LogP contribution in [0.4, 0.5) is 0 Å². The summed E-state index contributed by atoms with van der Waals surface area (Å²) in [4.78, 5) is 26.1. The third kappa shape index (κ3) is 4.75. The lowest BCUT2D eigenvalue weighted by Gasteiger charge is -2.35. The molecule has 2 atom stereocenters. The second-order valence-electron chi connectivity index (χ2n) is 8.77. The van der Waals surface area contributed by atoms with Gasteiger partial charge in [-0.15, -0.1) is 0 Å². The van der Waals surface area contributed by atoms with Gasteiger partial charge in [-0.2, -0.15) is 0 Å². The highest BCUT2D eigenvalue weighted by Gasteiger charge is 2.39. The number of hydrogen-bond acceptors (Lipinski definition) is 5. The predicted molar refractivity (Wildman–Crippen MR) is 126 cm³/mol. The maximum absolute atomic E-state index is 13.5. The van der Waals surface area contributed by atoms with Crippen molar-refractivity contribution in [3.63, 3.8) is 0 Å². The molecule has 1 aliphatic heterocycles. The standard InChI is InChI=1S/C27H31NO5/c1-5-32-24-11-10-17(14-25(24)31-4)18-12-21-27(22(29)13-18)20(15-26(30)28-21)19-8-6-7-9-23(19)33-16(2)3/h6-11,14,16,18,20H,5,12-13,15H2,1-4H3,(H,28,30). The summed E-state index contributed by atoms with van der Waals surface area (Å²) in [6.07, 6.45) is 1.21. The van der Waals surface area contributed by atoms with Gasteiger partial charge in [-0.05, 0) is 56.9 Å². The Bertz CT molecular complexity index is 1090. The normalized spacial score (nSPS) is 20.4. The summed E-state index contributed by atoms with van der Waals surface area (Å²) >= 11 is 0. The monoisotopic (exact) mass is 449 g/mol. The van der Waals surface area contributed by atoms with Gasteiger partial charge in [0.15, 0.2) is 17.3 Å². The quantitative estimate of drug-likeness (QED) is 0.652. The van der Waals surface area contributed by atoms with Crippen molar-refractivity contribution in [2.45, 2.75) is 58.0 Å². The van der Waals surface area contributed by atoms with Gasteiger partial charge in [-0.1, -0.05) is 24.3 Å². The molecule has 6 heteroatoms. The van der Waals surface area contributed by atoms with Crippen LogP contribution in [0.2, 0.25) is 0 Å². The average molecular weight is 450 g/mol. The molecule has 33 heavy (non-hydrogen) atoms. The van der Waals surface area contributed by atoms with E-state index in [1.54, 1.807) is 7.11 Å². The minimum Gasteiger partial charge on any atom is -0.493 e.